The molecule has 3 aromatic heterocycles. The molecule has 2 N–H and O–H groups in total. The van der Waals surface area contributed by atoms with Gasteiger partial charge in [-0.2, -0.15) is 18.3 Å². The van der Waals surface area contributed by atoms with Crippen molar-refractivity contribution in [2.24, 2.45) is 0 Å². The lowest BCUT2D eigenvalue weighted by Gasteiger charge is -2.33. The highest BCUT2D eigenvalue weighted by atomic mass is 19.4. The van der Waals surface area contributed by atoms with Crippen molar-refractivity contribution in [3.63, 3.8) is 0 Å². The number of hydrogen-bond acceptors (Lipinski definition) is 8. The number of benzene rings is 1. The van der Waals surface area contributed by atoms with Gasteiger partial charge in [-0.3, -0.25) is 14.6 Å². The molecular weight excluding hydrogens is 551 g/mol. The van der Waals surface area contributed by atoms with Gasteiger partial charge in [0.05, 0.1) is 36.4 Å². The Hall–Kier alpha value is -4.39. The van der Waals surface area contributed by atoms with Crippen LogP contribution in [0.25, 0.3) is 22.3 Å². The predicted molar refractivity (Wildman–Crippen MR) is 148 cm³/mol. The maximum atomic E-state index is 13.0. The van der Waals surface area contributed by atoms with Crippen LogP contribution in [-0.2, 0) is 22.1 Å². The Morgan fingerprint density at radius 2 is 1.90 bits per heavy atom. The van der Waals surface area contributed by atoms with E-state index in [2.05, 4.69) is 15.0 Å². The summed E-state index contributed by atoms with van der Waals surface area (Å²) in [6.45, 7) is 3.96. The first-order chi connectivity index (χ1) is 20.2. The van der Waals surface area contributed by atoms with Crippen LogP contribution in [0, 0.1) is 0 Å². The van der Waals surface area contributed by atoms with Gasteiger partial charge < -0.3 is 15.4 Å². The van der Waals surface area contributed by atoms with Gasteiger partial charge in [-0.05, 0) is 31.9 Å². The number of nitrogen functional groups attached to an aromatic ring is 1. The van der Waals surface area contributed by atoms with E-state index in [1.54, 1.807) is 28.9 Å². The van der Waals surface area contributed by atoms with Crippen LogP contribution in [0.1, 0.15) is 53.8 Å². The van der Waals surface area contributed by atoms with Crippen molar-refractivity contribution in [3.8, 4) is 11.3 Å². The number of rotatable bonds is 9. The summed E-state index contributed by atoms with van der Waals surface area (Å²) < 4.78 is 46.3. The molecule has 1 saturated heterocycles. The molecular formula is C29H30F3N7O3. The van der Waals surface area contributed by atoms with E-state index in [0.29, 0.717) is 60.6 Å². The molecule has 42 heavy (non-hydrogen) atoms. The van der Waals surface area contributed by atoms with Crippen LogP contribution in [-0.4, -0.2) is 67.6 Å². The van der Waals surface area contributed by atoms with Crippen molar-refractivity contribution in [1.82, 2.24) is 29.6 Å². The predicted octanol–water partition coefficient (Wildman–Crippen LogP) is 4.50. The number of pyridine rings is 1. The number of halogens is 3. The second-order valence-corrected chi connectivity index (χ2v) is 10.0. The minimum atomic E-state index is -4.52. The van der Waals surface area contributed by atoms with Gasteiger partial charge in [-0.25, -0.2) is 14.6 Å². The van der Waals surface area contributed by atoms with Crippen LogP contribution < -0.4 is 5.73 Å². The Balaban J connectivity index is 1.38. The van der Waals surface area contributed by atoms with E-state index in [4.69, 9.17) is 15.6 Å². The quantitative estimate of drug-likeness (QED) is 0.226. The number of nitrogens with zero attached hydrogens (tertiary/aromatic N) is 6. The van der Waals surface area contributed by atoms with Crippen molar-refractivity contribution in [1.29, 1.82) is 0 Å². The maximum absolute atomic E-state index is 13.0. The van der Waals surface area contributed by atoms with Gasteiger partial charge in [0.15, 0.2) is 11.4 Å². The molecule has 0 saturated carbocycles. The van der Waals surface area contributed by atoms with Gasteiger partial charge in [-0.1, -0.05) is 24.3 Å². The summed E-state index contributed by atoms with van der Waals surface area (Å²) in [5, 5.41) is 5.42. The molecule has 0 spiro atoms. The van der Waals surface area contributed by atoms with Crippen LogP contribution in [0.4, 0.5) is 19.0 Å². The van der Waals surface area contributed by atoms with Crippen LogP contribution in [0.3, 0.4) is 0 Å². The summed E-state index contributed by atoms with van der Waals surface area (Å²) in [6.07, 6.45) is -0.456. The standard InChI is InChI=1S/C29H30F3N7O3/c1-2-42-13-10-24(41)38-12-3-4-22(16-38)39-28-25(27(33)35-17-36-28)26(37-39)19-7-5-18(6-8-19)23(40)15-21-14-20(9-11-34-21)29(30,31)32/h5-9,11,14,17,22H,2-4,10,12-13,15-16H2,1H3,(H2,33,35,36)/t22-/m1/s1. The van der Waals surface area contributed by atoms with Gasteiger partial charge in [0.25, 0.3) is 0 Å². The molecule has 1 aliphatic rings. The van der Waals surface area contributed by atoms with E-state index in [9.17, 15) is 22.8 Å². The number of ketones is 1. The molecule has 13 heteroatoms. The fraction of sp³-hybridized carbons (Fsp3) is 0.379. The summed E-state index contributed by atoms with van der Waals surface area (Å²) in [6, 6.07) is 8.22. The number of Topliss-reactive ketones (excluding diaryl/α,β-unsaturated/α-hetero) is 1. The SMILES string of the molecule is CCOCCC(=O)N1CCC[C@@H](n2nc(-c3ccc(C(=O)Cc4cc(C(F)(F)F)ccn4)cc3)c3c(N)ncnc32)C1. The van der Waals surface area contributed by atoms with Crippen LogP contribution in [0.15, 0.2) is 48.9 Å². The third-order valence-corrected chi connectivity index (χ3v) is 7.24. The van der Waals surface area contributed by atoms with Gasteiger partial charge in [0, 0.05) is 42.7 Å². The topological polar surface area (TPSA) is 129 Å². The van der Waals surface area contributed by atoms with E-state index in [0.717, 1.165) is 31.2 Å². The van der Waals surface area contributed by atoms with Crippen molar-refractivity contribution in [2.45, 2.75) is 44.8 Å². The summed E-state index contributed by atoms with van der Waals surface area (Å²) in [5.41, 5.74) is 7.50. The Kier molecular flexibility index (Phi) is 8.48. The van der Waals surface area contributed by atoms with Crippen molar-refractivity contribution < 1.29 is 27.5 Å². The van der Waals surface area contributed by atoms with E-state index >= 15 is 0 Å². The monoisotopic (exact) mass is 581 g/mol. The Morgan fingerprint density at radius 1 is 1.12 bits per heavy atom. The number of piperidine rings is 1. The molecule has 220 valence electrons. The van der Waals surface area contributed by atoms with Gasteiger partial charge in [0.1, 0.15) is 17.8 Å². The summed E-state index contributed by atoms with van der Waals surface area (Å²) in [5.74, 6) is -0.0973. The van der Waals surface area contributed by atoms with E-state index in [1.807, 2.05) is 11.8 Å². The molecule has 0 unspecified atom stereocenters. The normalized spacial score (nSPS) is 15.7. The van der Waals surface area contributed by atoms with E-state index in [-0.39, 0.29) is 35.7 Å². The van der Waals surface area contributed by atoms with Gasteiger partial charge in [0.2, 0.25) is 5.91 Å². The number of alkyl halides is 3. The summed E-state index contributed by atoms with van der Waals surface area (Å²) in [4.78, 5) is 39.9. The minimum absolute atomic E-state index is 0.0274. The molecule has 4 heterocycles. The molecule has 10 nitrogen and oxygen atoms in total. The van der Waals surface area contributed by atoms with E-state index < -0.39 is 11.7 Å². The highest BCUT2D eigenvalue weighted by Gasteiger charge is 2.31. The Bertz CT molecular complexity index is 1590. The average Bonchev–Trinajstić information content (AvgIpc) is 3.38. The second-order valence-electron chi connectivity index (χ2n) is 10.0. The van der Waals surface area contributed by atoms with Crippen LogP contribution in [0.5, 0.6) is 0 Å². The fourth-order valence-electron chi connectivity index (χ4n) is 5.13. The third-order valence-electron chi connectivity index (χ3n) is 7.24. The molecule has 1 aromatic carbocycles. The summed E-state index contributed by atoms with van der Waals surface area (Å²) in [7, 11) is 0. The zero-order valence-electron chi connectivity index (χ0n) is 23.0. The lowest BCUT2D eigenvalue weighted by atomic mass is 10.0. The number of anilines is 1. The molecule has 5 rings (SSSR count). The molecule has 1 atom stereocenters. The number of aromatic nitrogens is 5. The lowest BCUT2D eigenvalue weighted by Crippen LogP contribution is -2.41. The highest BCUT2D eigenvalue weighted by molar-refractivity contribution is 6.00. The van der Waals surface area contributed by atoms with Crippen LogP contribution >= 0.6 is 0 Å². The second kappa shape index (κ2) is 12.2. The zero-order valence-corrected chi connectivity index (χ0v) is 23.0. The number of carbonyl (C=O) groups is 2. The first kappa shape index (κ1) is 29.1. The van der Waals surface area contributed by atoms with Crippen molar-refractivity contribution in [3.05, 3.63) is 65.7 Å². The largest absolute Gasteiger partial charge is 0.416 e. The highest BCUT2D eigenvalue weighted by Crippen LogP contribution is 2.34. The van der Waals surface area contributed by atoms with Gasteiger partial charge in [-0.15, -0.1) is 0 Å². The molecule has 0 aliphatic carbocycles. The number of nitrogens with two attached hydrogens (primary N) is 1. The molecule has 0 bridgehead atoms. The molecule has 0 radical (unpaired) electrons. The third kappa shape index (κ3) is 6.25. The number of hydrogen-bond donors (Lipinski definition) is 1. The Labute approximate surface area is 239 Å². The fourth-order valence-corrected chi connectivity index (χ4v) is 5.13. The first-order valence-electron chi connectivity index (χ1n) is 13.7. The number of likely N-dealkylation sites (tertiary alicyclic amines) is 1. The average molecular weight is 582 g/mol. The number of fused-ring (bicyclic) bond motifs is 1. The molecule has 1 aliphatic heterocycles. The van der Waals surface area contributed by atoms with Crippen LogP contribution in [0.2, 0.25) is 0 Å². The van der Waals surface area contributed by atoms with Crippen molar-refractivity contribution in [2.75, 3.05) is 32.0 Å². The molecule has 1 fully saturated rings. The number of ether oxygens (including phenoxy) is 1. The Morgan fingerprint density at radius 3 is 2.64 bits per heavy atom. The first-order valence-corrected chi connectivity index (χ1v) is 13.7. The lowest BCUT2D eigenvalue weighted by molar-refractivity contribution is -0.137. The van der Waals surface area contributed by atoms with Gasteiger partial charge >= 0.3 is 6.18 Å². The van der Waals surface area contributed by atoms with E-state index in [1.165, 1.54) is 6.33 Å². The minimum Gasteiger partial charge on any atom is -0.383 e. The summed E-state index contributed by atoms with van der Waals surface area (Å²) >= 11 is 0. The number of carbonyl (C=O) groups excluding carboxylic acids is 2. The molecule has 4 aromatic rings. The molecule has 1 amide bonds. The van der Waals surface area contributed by atoms with Crippen molar-refractivity contribution >= 4 is 28.5 Å². The number of amides is 1. The zero-order chi connectivity index (χ0) is 29.9. The smallest absolute Gasteiger partial charge is 0.383 e. The maximum Gasteiger partial charge on any atom is 0.416 e.